The number of hydrogen-bond acceptors (Lipinski definition) is 6. The van der Waals surface area contributed by atoms with Crippen LogP contribution in [0.1, 0.15) is 47.2 Å². The maximum Gasteiger partial charge on any atom is 0.419 e. The fourth-order valence-electron chi connectivity index (χ4n) is 4.07. The minimum atomic E-state index is -4.19. The molecule has 10 heteroatoms. The van der Waals surface area contributed by atoms with Crippen LogP contribution in [0.15, 0.2) is 64.0 Å². The van der Waals surface area contributed by atoms with E-state index in [-0.39, 0.29) is 18.0 Å². The number of fused-ring (bicyclic) bond motifs is 1. The average Bonchev–Trinajstić information content (AvgIpc) is 3.10. The molecule has 3 aromatic rings. The summed E-state index contributed by atoms with van der Waals surface area (Å²) < 4.78 is 42.0. The Morgan fingerprint density at radius 2 is 1.62 bits per heavy atom. The smallest absolute Gasteiger partial charge is 0.419 e. The molecule has 0 unspecified atom stereocenters. The highest BCUT2D eigenvalue weighted by Gasteiger charge is 2.40. The minimum Gasteiger partial charge on any atom is -0.465 e. The lowest BCUT2D eigenvalue weighted by Gasteiger charge is -2.32. The van der Waals surface area contributed by atoms with Crippen molar-refractivity contribution in [2.45, 2.75) is 64.6 Å². The zero-order valence-corrected chi connectivity index (χ0v) is 24.3. The van der Waals surface area contributed by atoms with Gasteiger partial charge < -0.3 is 9.47 Å². The Hall–Kier alpha value is -2.69. The summed E-state index contributed by atoms with van der Waals surface area (Å²) in [6, 6.07) is 14.0. The molecule has 8 nitrogen and oxygen atoms in total. The van der Waals surface area contributed by atoms with Gasteiger partial charge in [-0.25, -0.2) is 17.8 Å². The van der Waals surface area contributed by atoms with E-state index < -0.39 is 39.6 Å². The van der Waals surface area contributed by atoms with Crippen molar-refractivity contribution in [2.24, 2.45) is 5.92 Å². The number of esters is 1. The van der Waals surface area contributed by atoms with E-state index in [0.29, 0.717) is 21.1 Å². The van der Waals surface area contributed by atoms with Gasteiger partial charge in [0.25, 0.3) is 0 Å². The first-order chi connectivity index (χ1) is 17.3. The van der Waals surface area contributed by atoms with Crippen molar-refractivity contribution >= 4 is 48.9 Å². The van der Waals surface area contributed by atoms with Crippen molar-refractivity contribution in [3.05, 3.63) is 64.8 Å². The molecule has 0 aliphatic rings. The maximum absolute atomic E-state index is 14.0. The molecule has 0 spiro atoms. The summed E-state index contributed by atoms with van der Waals surface area (Å²) in [6.45, 7) is 10.3. The number of carbonyl (C=O) groups is 2. The highest BCUT2D eigenvalue weighted by molar-refractivity contribution is 9.10. The fourth-order valence-corrected chi connectivity index (χ4v) is 6.40. The van der Waals surface area contributed by atoms with Crippen molar-refractivity contribution in [2.75, 3.05) is 6.61 Å². The van der Waals surface area contributed by atoms with Gasteiger partial charge in [-0.3, -0.25) is 4.79 Å². The van der Waals surface area contributed by atoms with Crippen LogP contribution in [0.5, 0.6) is 0 Å². The Bertz CT molecular complexity index is 1380. The van der Waals surface area contributed by atoms with E-state index >= 15 is 0 Å². The Morgan fingerprint density at radius 3 is 2.19 bits per heavy atom. The number of aromatic nitrogens is 1. The normalized spacial score (nSPS) is 13.2. The van der Waals surface area contributed by atoms with Gasteiger partial charge in [0, 0.05) is 9.86 Å². The van der Waals surface area contributed by atoms with Gasteiger partial charge in [0.05, 0.1) is 29.3 Å². The lowest BCUT2D eigenvalue weighted by molar-refractivity contribution is -0.149. The van der Waals surface area contributed by atoms with E-state index in [4.69, 9.17) is 9.47 Å². The highest BCUT2D eigenvalue weighted by atomic mass is 79.9. The number of rotatable bonds is 8. The van der Waals surface area contributed by atoms with Crippen LogP contribution < -0.4 is 0 Å². The molecule has 0 radical (unpaired) electrons. The molecule has 1 atom stereocenters. The molecule has 0 amide bonds. The van der Waals surface area contributed by atoms with Crippen molar-refractivity contribution < 1.29 is 27.5 Å². The average molecular weight is 594 g/mol. The number of nitrogens with zero attached hydrogens (tertiary/aromatic N) is 2. The van der Waals surface area contributed by atoms with E-state index in [0.717, 1.165) is 4.31 Å². The number of hydrogen-bond donors (Lipinski definition) is 0. The third-order valence-corrected chi connectivity index (χ3v) is 8.33. The van der Waals surface area contributed by atoms with Gasteiger partial charge in [0.2, 0.25) is 10.0 Å². The first kappa shape index (κ1) is 28.9. The van der Waals surface area contributed by atoms with Crippen molar-refractivity contribution in [1.82, 2.24) is 8.87 Å². The third-order valence-electron chi connectivity index (χ3n) is 5.61. The topological polar surface area (TPSA) is 94.9 Å². The second-order valence-electron chi connectivity index (χ2n) is 9.90. The van der Waals surface area contributed by atoms with Crippen LogP contribution in [-0.2, 0) is 30.8 Å². The first-order valence-electron chi connectivity index (χ1n) is 12.0. The second-order valence-corrected chi connectivity index (χ2v) is 12.6. The molecule has 0 N–H and O–H groups in total. The monoisotopic (exact) mass is 592 g/mol. The van der Waals surface area contributed by atoms with Crippen LogP contribution in [0.25, 0.3) is 10.9 Å². The third kappa shape index (κ3) is 6.25. The SMILES string of the molecule is CCOC(=O)[C@H](C(C)C)N(Cc1c(Br)c2ccccc2n1C(=O)OC(C)(C)C)S(=O)(=O)c1ccccc1. The van der Waals surface area contributed by atoms with Crippen molar-refractivity contribution in [3.63, 3.8) is 0 Å². The summed E-state index contributed by atoms with van der Waals surface area (Å²) >= 11 is 3.59. The van der Waals surface area contributed by atoms with Gasteiger partial charge in [-0.1, -0.05) is 50.2 Å². The summed E-state index contributed by atoms with van der Waals surface area (Å²) in [7, 11) is -4.19. The van der Waals surface area contributed by atoms with Crippen LogP contribution in [0.3, 0.4) is 0 Å². The Morgan fingerprint density at radius 1 is 1.03 bits per heavy atom. The van der Waals surface area contributed by atoms with Gasteiger partial charge in [-0.15, -0.1) is 0 Å². The molecule has 37 heavy (non-hydrogen) atoms. The van der Waals surface area contributed by atoms with E-state index in [2.05, 4.69) is 15.9 Å². The standard InChI is InChI=1S/C27H33BrN2O6S/c1-7-35-25(31)24(18(2)3)29(37(33,34)19-13-9-8-10-14-19)17-22-23(28)20-15-11-12-16-21(20)30(22)26(32)36-27(4,5)6/h8-16,18,24H,7,17H2,1-6H3/t24-/m0/s1. The van der Waals surface area contributed by atoms with Gasteiger partial charge in [-0.05, 0) is 67.7 Å². The zero-order valence-electron chi connectivity index (χ0n) is 21.9. The van der Waals surface area contributed by atoms with Crippen LogP contribution in [0.2, 0.25) is 0 Å². The predicted octanol–water partition coefficient (Wildman–Crippen LogP) is 5.97. The van der Waals surface area contributed by atoms with Gasteiger partial charge in [-0.2, -0.15) is 4.31 Å². The number of halogens is 1. The van der Waals surface area contributed by atoms with E-state index in [1.165, 1.54) is 16.7 Å². The van der Waals surface area contributed by atoms with Crippen LogP contribution in [0, 0.1) is 5.92 Å². The van der Waals surface area contributed by atoms with Crippen LogP contribution in [-0.4, -0.2) is 47.6 Å². The second kappa shape index (κ2) is 11.4. The molecule has 1 aromatic heterocycles. The molecule has 3 rings (SSSR count). The molecular weight excluding hydrogens is 560 g/mol. The molecule has 0 aliphatic carbocycles. The summed E-state index contributed by atoms with van der Waals surface area (Å²) in [6.07, 6.45) is -0.654. The Kier molecular flexibility index (Phi) is 8.87. The maximum atomic E-state index is 14.0. The number of carbonyl (C=O) groups excluding carboxylic acids is 2. The largest absolute Gasteiger partial charge is 0.465 e. The van der Waals surface area contributed by atoms with E-state index in [1.54, 1.807) is 71.9 Å². The molecular formula is C27H33BrN2O6S. The number of benzene rings is 2. The summed E-state index contributed by atoms with van der Waals surface area (Å²) in [5.41, 5.74) is 0.103. The lowest BCUT2D eigenvalue weighted by atomic mass is 10.0. The molecule has 1 heterocycles. The van der Waals surface area contributed by atoms with Crippen LogP contribution >= 0.6 is 15.9 Å². The lowest BCUT2D eigenvalue weighted by Crippen LogP contribution is -2.48. The highest BCUT2D eigenvalue weighted by Crippen LogP contribution is 2.35. The van der Waals surface area contributed by atoms with E-state index in [1.807, 2.05) is 12.1 Å². The summed E-state index contributed by atoms with van der Waals surface area (Å²) in [4.78, 5) is 26.6. The molecule has 200 valence electrons. The molecule has 0 aliphatic heterocycles. The van der Waals surface area contributed by atoms with Crippen molar-refractivity contribution in [1.29, 1.82) is 0 Å². The van der Waals surface area contributed by atoms with Gasteiger partial charge >= 0.3 is 12.1 Å². The quantitative estimate of drug-likeness (QED) is 0.299. The first-order valence-corrected chi connectivity index (χ1v) is 14.3. The number of ether oxygens (including phenoxy) is 2. The molecule has 2 aromatic carbocycles. The van der Waals surface area contributed by atoms with Gasteiger partial charge in [0.15, 0.2) is 0 Å². The fraction of sp³-hybridized carbons (Fsp3) is 0.407. The molecule has 0 saturated heterocycles. The van der Waals surface area contributed by atoms with Gasteiger partial charge in [0.1, 0.15) is 11.6 Å². The number of para-hydroxylation sites is 1. The Balaban J connectivity index is 2.27. The Labute approximate surface area is 226 Å². The van der Waals surface area contributed by atoms with Crippen molar-refractivity contribution in [3.8, 4) is 0 Å². The zero-order chi connectivity index (χ0) is 27.5. The van der Waals surface area contributed by atoms with E-state index in [9.17, 15) is 18.0 Å². The predicted molar refractivity (Wildman–Crippen MR) is 146 cm³/mol. The molecule has 0 fully saturated rings. The molecule has 0 saturated carbocycles. The minimum absolute atomic E-state index is 0.0287. The van der Waals surface area contributed by atoms with Crippen LogP contribution in [0.4, 0.5) is 4.79 Å². The summed E-state index contributed by atoms with van der Waals surface area (Å²) in [5.74, 6) is -1.08. The molecule has 0 bridgehead atoms. The number of sulfonamides is 1. The summed E-state index contributed by atoms with van der Waals surface area (Å²) in [5, 5.41) is 0.706.